The molecule has 0 fully saturated rings. The van der Waals surface area contributed by atoms with Crippen molar-refractivity contribution in [3.8, 4) is 0 Å². The summed E-state index contributed by atoms with van der Waals surface area (Å²) in [4.78, 5) is 0. The summed E-state index contributed by atoms with van der Waals surface area (Å²) in [6, 6.07) is 7.94. The molecule has 0 saturated heterocycles. The van der Waals surface area contributed by atoms with Gasteiger partial charge in [-0.3, -0.25) is 0 Å². The van der Waals surface area contributed by atoms with Gasteiger partial charge in [-0.2, -0.15) is 0 Å². The summed E-state index contributed by atoms with van der Waals surface area (Å²) >= 11 is 0. The molecule has 9 heavy (non-hydrogen) atoms. The van der Waals surface area contributed by atoms with E-state index >= 15 is 0 Å². The van der Waals surface area contributed by atoms with Crippen molar-refractivity contribution in [1.29, 1.82) is 0 Å². The minimum absolute atomic E-state index is 0. The third-order valence-corrected chi connectivity index (χ3v) is 0.733. The van der Waals surface area contributed by atoms with Crippen LogP contribution in [0.5, 0.6) is 0 Å². The van der Waals surface area contributed by atoms with Crippen LogP contribution in [0.1, 0.15) is 0 Å². The topological polar surface area (TPSA) is 0 Å². The predicted molar refractivity (Wildman–Crippen MR) is 26.4 cm³/mol. The van der Waals surface area contributed by atoms with Gasteiger partial charge in [-0.05, 0) is 12.1 Å². The van der Waals surface area contributed by atoms with Crippen LogP contribution in [-0.2, 0) is 33.0 Å². The molecule has 0 bridgehead atoms. The van der Waals surface area contributed by atoms with Crippen molar-refractivity contribution >= 4 is 0 Å². The van der Waals surface area contributed by atoms with Crippen molar-refractivity contribution in [2.45, 2.75) is 0 Å². The minimum Gasteiger partial charge on any atom is -0.207 e. The van der Waals surface area contributed by atoms with E-state index in [9.17, 15) is 4.39 Å². The summed E-state index contributed by atoms with van der Waals surface area (Å²) in [5.41, 5.74) is 0. The largest absolute Gasteiger partial charge is 0.207 e. The summed E-state index contributed by atoms with van der Waals surface area (Å²) in [7, 11) is 0. The van der Waals surface area contributed by atoms with E-state index in [0.717, 1.165) is 0 Å². The van der Waals surface area contributed by atoms with Crippen LogP contribution < -0.4 is 0 Å². The van der Waals surface area contributed by atoms with Crippen LogP contribution in [-0.4, -0.2) is 0 Å². The maximum absolute atomic E-state index is 11.9. The summed E-state index contributed by atoms with van der Waals surface area (Å²) in [6.07, 6.45) is 0. The van der Waals surface area contributed by atoms with E-state index in [4.69, 9.17) is 0 Å². The van der Waals surface area contributed by atoms with E-state index in [1.54, 1.807) is 18.2 Å². The van der Waals surface area contributed by atoms with Crippen molar-refractivity contribution in [3.05, 3.63) is 36.1 Å². The van der Waals surface area contributed by atoms with Crippen LogP contribution in [0.2, 0.25) is 0 Å². The second kappa shape index (κ2) is 6.26. The molecule has 0 N–H and O–H groups in total. The number of rotatable bonds is 0. The molecule has 0 unspecified atom stereocenters. The van der Waals surface area contributed by atoms with Crippen LogP contribution in [0, 0.1) is 5.82 Å². The van der Waals surface area contributed by atoms with Gasteiger partial charge < -0.3 is 0 Å². The van der Waals surface area contributed by atoms with Gasteiger partial charge in [0, 0.05) is 33.0 Å². The Morgan fingerprint density at radius 1 is 0.889 bits per heavy atom. The summed E-state index contributed by atoms with van der Waals surface area (Å²) in [5.74, 6) is -0.178. The minimum atomic E-state index is -0.178. The molecule has 3 heteroatoms. The third kappa shape index (κ3) is 4.63. The van der Waals surface area contributed by atoms with Gasteiger partial charge in [-0.1, -0.05) is 18.2 Å². The molecule has 1 aromatic carbocycles. The van der Waals surface area contributed by atoms with E-state index in [0.29, 0.717) is 0 Å². The Bertz CT molecular complexity index is 141. The second-order valence-corrected chi connectivity index (χ2v) is 1.30. The summed E-state index contributed by atoms with van der Waals surface area (Å²) < 4.78 is 11.9. The van der Waals surface area contributed by atoms with Gasteiger partial charge in [0.05, 0.1) is 0 Å². The zero-order valence-corrected chi connectivity index (χ0v) is 6.37. The third-order valence-electron chi connectivity index (χ3n) is 0.733. The van der Waals surface area contributed by atoms with Crippen molar-refractivity contribution < 1.29 is 37.4 Å². The first-order chi connectivity index (χ1) is 3.39. The Balaban J connectivity index is 0. The average molecular weight is 213 g/mol. The maximum Gasteiger partial charge on any atom is 0.123 e. The number of hydrogen-bond acceptors (Lipinski definition) is 0. The Kier molecular flexibility index (Phi) is 8.26. The summed E-state index contributed by atoms with van der Waals surface area (Å²) in [5, 5.41) is 0. The molecule has 0 aliphatic rings. The van der Waals surface area contributed by atoms with E-state index in [2.05, 4.69) is 0 Å². The average Bonchev–Trinajstić information content (AvgIpc) is 1.69. The van der Waals surface area contributed by atoms with Gasteiger partial charge in [0.1, 0.15) is 5.82 Å². The molecule has 0 spiro atoms. The van der Waals surface area contributed by atoms with Crippen LogP contribution in [0.4, 0.5) is 4.39 Å². The van der Waals surface area contributed by atoms with E-state index in [-0.39, 0.29) is 38.8 Å². The molecule has 0 amide bonds. The van der Waals surface area contributed by atoms with Crippen molar-refractivity contribution in [1.82, 2.24) is 0 Å². The van der Waals surface area contributed by atoms with Crippen LogP contribution in [0.25, 0.3) is 0 Å². The number of benzene rings is 1. The van der Waals surface area contributed by atoms with Crippen molar-refractivity contribution in [2.75, 3.05) is 0 Å². The molecule has 1 rings (SSSR count). The van der Waals surface area contributed by atoms with E-state index in [1.165, 1.54) is 12.1 Å². The first kappa shape index (κ1) is 11.9. The molecule has 1 aromatic rings. The Labute approximate surface area is 73.7 Å². The molecular formula is C6H5FNi2. The van der Waals surface area contributed by atoms with Crippen LogP contribution >= 0.6 is 0 Å². The fraction of sp³-hybridized carbons (Fsp3) is 0. The Hall–Kier alpha value is 0.137. The monoisotopic (exact) mass is 212 g/mol. The molecule has 0 aliphatic heterocycles. The molecule has 0 heterocycles. The first-order valence-electron chi connectivity index (χ1n) is 2.10. The first-order valence-corrected chi connectivity index (χ1v) is 2.10. The van der Waals surface area contributed by atoms with Gasteiger partial charge in [-0.15, -0.1) is 0 Å². The van der Waals surface area contributed by atoms with Gasteiger partial charge in [0.15, 0.2) is 0 Å². The van der Waals surface area contributed by atoms with Gasteiger partial charge >= 0.3 is 0 Å². The fourth-order valence-corrected chi connectivity index (χ4v) is 0.415. The number of halogens is 1. The molecule has 0 radical (unpaired) electrons. The second-order valence-electron chi connectivity index (χ2n) is 1.30. The van der Waals surface area contributed by atoms with Crippen molar-refractivity contribution in [2.24, 2.45) is 0 Å². The van der Waals surface area contributed by atoms with Gasteiger partial charge in [-0.25, -0.2) is 4.39 Å². The Morgan fingerprint density at radius 3 is 1.56 bits per heavy atom. The number of hydrogen-bond donors (Lipinski definition) is 0. The summed E-state index contributed by atoms with van der Waals surface area (Å²) in [6.45, 7) is 0. The zero-order chi connectivity index (χ0) is 5.11. The maximum atomic E-state index is 11.9. The molecule has 0 aromatic heterocycles. The van der Waals surface area contributed by atoms with E-state index < -0.39 is 0 Å². The standard InChI is InChI=1S/C6H5F.2Ni/c7-6-4-2-1-3-5-6;;/h1-5H;;. The van der Waals surface area contributed by atoms with Gasteiger partial charge in [0.25, 0.3) is 0 Å². The fourth-order valence-electron chi connectivity index (χ4n) is 0.415. The van der Waals surface area contributed by atoms with Crippen molar-refractivity contribution in [3.63, 3.8) is 0 Å². The molecule has 0 nitrogen and oxygen atoms in total. The molecule has 0 aliphatic carbocycles. The predicted octanol–water partition coefficient (Wildman–Crippen LogP) is 1.82. The van der Waals surface area contributed by atoms with Crippen LogP contribution in [0.15, 0.2) is 30.3 Å². The molecule has 56 valence electrons. The molecule has 0 atom stereocenters. The Morgan fingerprint density at radius 2 is 1.33 bits per heavy atom. The van der Waals surface area contributed by atoms with Gasteiger partial charge in [0.2, 0.25) is 0 Å². The SMILES string of the molecule is Fc1ccccc1.[Ni].[Ni]. The molecule has 0 saturated carbocycles. The van der Waals surface area contributed by atoms with Crippen LogP contribution in [0.3, 0.4) is 0 Å². The quantitative estimate of drug-likeness (QED) is 0.577. The molecular weight excluding hydrogens is 208 g/mol. The van der Waals surface area contributed by atoms with E-state index in [1.807, 2.05) is 0 Å². The smallest absolute Gasteiger partial charge is 0.123 e. The normalized spacial score (nSPS) is 6.78. The zero-order valence-electron chi connectivity index (χ0n) is 4.40.